The number of carbonyl (C=O) groups excluding carboxylic acids is 4. The quantitative estimate of drug-likeness (QED) is 0.0451. The summed E-state index contributed by atoms with van der Waals surface area (Å²) in [4.78, 5) is 74.8. The summed E-state index contributed by atoms with van der Waals surface area (Å²) in [7, 11) is 0. The number of nitriles is 1. The van der Waals surface area contributed by atoms with E-state index in [4.69, 9.17) is 40.5 Å². The van der Waals surface area contributed by atoms with E-state index >= 15 is 0 Å². The number of benzene rings is 12. The molecular formula is C85H55N7O8. The lowest BCUT2D eigenvalue weighted by Gasteiger charge is -2.17. The molecule has 0 bridgehead atoms. The number of hydrogen-bond acceptors (Lipinski definition) is 12. The summed E-state index contributed by atoms with van der Waals surface area (Å²) in [6.45, 7) is 8.73. The highest BCUT2D eigenvalue weighted by Gasteiger charge is 2.25. The SMILES string of the molecule is [C-]#[N+]c1ccccc1-c1cc(-c2nc(-c3ccccc3)nc(-c3ccc(-n4c5ccc(C(=O)OCc6ccccc6)cc5c5cc(C(=O)OCc6ccccc6)ccc54)c(C#N)c3)n2)ccc1-n1c2ccc(C(=O)OCc3ccccc3)cc2c2cc(C(=O)OCc3ccccc3)ccc21. The zero-order chi connectivity index (χ0) is 68.1. The van der Waals surface area contributed by atoms with Crippen LogP contribution in [0.25, 0.3) is 105 Å². The lowest BCUT2D eigenvalue weighted by atomic mass is 9.98. The Morgan fingerprint density at radius 2 is 0.680 bits per heavy atom. The van der Waals surface area contributed by atoms with Crippen LogP contribution in [0.2, 0.25) is 0 Å². The smallest absolute Gasteiger partial charge is 0.338 e. The minimum Gasteiger partial charge on any atom is -0.457 e. The molecule has 0 aliphatic heterocycles. The van der Waals surface area contributed by atoms with Gasteiger partial charge in [-0.2, -0.15) is 5.26 Å². The lowest BCUT2D eigenvalue weighted by molar-refractivity contribution is 0.0464. The maximum Gasteiger partial charge on any atom is 0.338 e. The summed E-state index contributed by atoms with van der Waals surface area (Å²) in [5.41, 5.74) is 12.0. The molecule has 0 amide bonds. The molecular weight excluding hydrogens is 1250 g/mol. The monoisotopic (exact) mass is 1300 g/mol. The first kappa shape index (κ1) is 62.2. The van der Waals surface area contributed by atoms with E-state index in [0.29, 0.717) is 117 Å². The second-order valence-electron chi connectivity index (χ2n) is 23.7. The molecule has 3 heterocycles. The topological polar surface area (TPSA) is 182 Å². The molecule has 15 rings (SSSR count). The number of ether oxygens (including phenoxy) is 4. The first-order valence-electron chi connectivity index (χ1n) is 32.1. The van der Waals surface area contributed by atoms with Crippen LogP contribution in [0, 0.1) is 17.9 Å². The van der Waals surface area contributed by atoms with Gasteiger partial charge in [-0.3, -0.25) is 0 Å². The minimum atomic E-state index is -0.534. The van der Waals surface area contributed by atoms with Gasteiger partial charge in [-0.25, -0.2) is 39.0 Å². The summed E-state index contributed by atoms with van der Waals surface area (Å²) in [6.07, 6.45) is 0. The largest absolute Gasteiger partial charge is 0.457 e. The molecule has 15 nitrogen and oxygen atoms in total. The van der Waals surface area contributed by atoms with Gasteiger partial charge < -0.3 is 28.1 Å². The van der Waals surface area contributed by atoms with E-state index in [1.807, 2.05) is 229 Å². The fourth-order valence-corrected chi connectivity index (χ4v) is 12.5. The van der Waals surface area contributed by atoms with Gasteiger partial charge >= 0.3 is 23.9 Å². The van der Waals surface area contributed by atoms with Gasteiger partial charge in [-0.1, -0.05) is 176 Å². The Morgan fingerprint density at radius 3 is 1.06 bits per heavy atom. The molecule has 0 fully saturated rings. The molecule has 0 aliphatic rings. The second kappa shape index (κ2) is 27.4. The van der Waals surface area contributed by atoms with Gasteiger partial charge in [0, 0.05) is 38.2 Å². The summed E-state index contributed by atoms with van der Waals surface area (Å²) in [5, 5.41) is 13.8. The van der Waals surface area contributed by atoms with Crippen LogP contribution in [-0.2, 0) is 45.4 Å². The zero-order valence-corrected chi connectivity index (χ0v) is 53.4. The number of esters is 4. The molecule has 15 aromatic rings. The molecule has 0 saturated carbocycles. The van der Waals surface area contributed by atoms with E-state index in [-0.39, 0.29) is 43.6 Å². The van der Waals surface area contributed by atoms with Crippen LogP contribution >= 0.6 is 0 Å². The van der Waals surface area contributed by atoms with E-state index in [0.717, 1.165) is 22.3 Å². The highest BCUT2D eigenvalue weighted by atomic mass is 16.5. The molecule has 15 heteroatoms. The molecule has 0 N–H and O–H groups in total. The fraction of sp³-hybridized carbons (Fsp3) is 0.0471. The summed E-state index contributed by atoms with van der Waals surface area (Å²) < 4.78 is 27.2. The first-order chi connectivity index (χ1) is 49.1. The van der Waals surface area contributed by atoms with Gasteiger partial charge in [0.05, 0.1) is 67.8 Å². The molecule has 0 radical (unpaired) electrons. The summed E-state index contributed by atoms with van der Waals surface area (Å²) in [5.74, 6) is -1.22. The standard InChI is InChI=1S/C85H55N7O8/c1-87-72-30-18-17-29-66(72)67-44-60(32-38-74(67)92-77-41-35-63(84(95)99-52-56-23-11-4-12-24-56)47-70(77)71-48-64(36-42-78(71)92)85(96)100-53-57-25-13-5-14-26-57)81-89-79(58-27-15-6-16-28-58)88-80(90-81)59-31-37-73(65(43-59)49-86)91-75-39-33-61(82(93)97-50-54-19-7-2-8-20-54)45-68(75)69-46-62(34-40-76(69)91)83(94)98-51-55-21-9-3-10-22-55/h2-48H,50-53H2. The van der Waals surface area contributed by atoms with Crippen molar-refractivity contribution in [2.75, 3.05) is 0 Å². The highest BCUT2D eigenvalue weighted by molar-refractivity contribution is 6.15. The van der Waals surface area contributed by atoms with Crippen LogP contribution in [0.5, 0.6) is 0 Å². The predicted molar refractivity (Wildman–Crippen MR) is 383 cm³/mol. The average molecular weight is 1300 g/mol. The van der Waals surface area contributed by atoms with Crippen LogP contribution in [0.4, 0.5) is 5.69 Å². The number of fused-ring (bicyclic) bond motifs is 6. The zero-order valence-electron chi connectivity index (χ0n) is 53.4. The first-order valence-corrected chi connectivity index (χ1v) is 32.1. The average Bonchev–Trinajstić information content (AvgIpc) is 1.58. The van der Waals surface area contributed by atoms with Crippen LogP contribution < -0.4 is 0 Å². The van der Waals surface area contributed by atoms with Crippen LogP contribution in [0.1, 0.15) is 69.2 Å². The normalized spacial score (nSPS) is 11.1. The Bertz CT molecular complexity index is 5560. The van der Waals surface area contributed by atoms with Crippen molar-refractivity contribution in [3.63, 3.8) is 0 Å². The third-order valence-electron chi connectivity index (χ3n) is 17.4. The molecule has 478 valence electrons. The van der Waals surface area contributed by atoms with Crippen molar-refractivity contribution in [3.8, 4) is 62.7 Å². The van der Waals surface area contributed by atoms with Crippen molar-refractivity contribution >= 4 is 73.2 Å². The van der Waals surface area contributed by atoms with E-state index in [1.54, 1.807) is 60.7 Å². The number of hydrogen-bond donors (Lipinski definition) is 0. The van der Waals surface area contributed by atoms with Gasteiger partial charge in [-0.05, 0) is 143 Å². The number of nitrogens with zero attached hydrogens (tertiary/aromatic N) is 7. The van der Waals surface area contributed by atoms with E-state index in [9.17, 15) is 24.4 Å². The van der Waals surface area contributed by atoms with Crippen molar-refractivity contribution < 1.29 is 38.1 Å². The van der Waals surface area contributed by atoms with Crippen molar-refractivity contribution in [2.24, 2.45) is 0 Å². The number of rotatable bonds is 18. The van der Waals surface area contributed by atoms with Gasteiger partial charge in [0.2, 0.25) is 0 Å². The van der Waals surface area contributed by atoms with Crippen molar-refractivity contribution in [3.05, 3.63) is 347 Å². The molecule has 0 spiro atoms. The van der Waals surface area contributed by atoms with Crippen LogP contribution in [0.3, 0.4) is 0 Å². The second-order valence-corrected chi connectivity index (χ2v) is 23.7. The molecule has 0 aliphatic carbocycles. The Balaban J connectivity index is 0.845. The van der Waals surface area contributed by atoms with Gasteiger partial charge in [0.15, 0.2) is 23.2 Å². The van der Waals surface area contributed by atoms with Crippen molar-refractivity contribution in [1.29, 1.82) is 5.26 Å². The fourth-order valence-electron chi connectivity index (χ4n) is 12.5. The van der Waals surface area contributed by atoms with Gasteiger partial charge in [0.1, 0.15) is 32.5 Å². The third kappa shape index (κ3) is 12.6. The third-order valence-corrected chi connectivity index (χ3v) is 17.4. The number of carbonyl (C=O) groups is 4. The van der Waals surface area contributed by atoms with Crippen molar-refractivity contribution in [1.82, 2.24) is 24.1 Å². The molecule has 12 aromatic carbocycles. The Labute approximate surface area is 573 Å². The Kier molecular flexibility index (Phi) is 17.1. The Hall–Kier alpha value is -13.9. The highest BCUT2D eigenvalue weighted by Crippen LogP contribution is 2.43. The Morgan fingerprint density at radius 1 is 0.350 bits per heavy atom. The van der Waals surface area contributed by atoms with E-state index in [1.165, 1.54) is 0 Å². The lowest BCUT2D eigenvalue weighted by Crippen LogP contribution is -2.05. The van der Waals surface area contributed by atoms with Crippen molar-refractivity contribution in [2.45, 2.75) is 26.4 Å². The van der Waals surface area contributed by atoms with Gasteiger partial charge in [0.25, 0.3) is 0 Å². The molecule has 0 unspecified atom stereocenters. The predicted octanol–water partition coefficient (Wildman–Crippen LogP) is 18.6. The maximum absolute atomic E-state index is 13.9. The van der Waals surface area contributed by atoms with E-state index < -0.39 is 23.9 Å². The van der Waals surface area contributed by atoms with Crippen LogP contribution in [-0.4, -0.2) is 48.0 Å². The molecule has 0 atom stereocenters. The maximum atomic E-state index is 13.9. The summed E-state index contributed by atoms with van der Waals surface area (Å²) in [6, 6.07) is 89.4. The van der Waals surface area contributed by atoms with Gasteiger partial charge in [-0.15, -0.1) is 0 Å². The minimum absolute atomic E-state index is 0.0686. The van der Waals surface area contributed by atoms with Crippen LogP contribution in [0.15, 0.2) is 285 Å². The molecule has 100 heavy (non-hydrogen) atoms. The number of para-hydroxylation sites is 1. The molecule has 0 saturated heterocycles. The summed E-state index contributed by atoms with van der Waals surface area (Å²) >= 11 is 0. The van der Waals surface area contributed by atoms with E-state index in [2.05, 4.69) is 15.5 Å². The number of aromatic nitrogens is 5. The molecule has 3 aromatic heterocycles.